The highest BCUT2D eigenvalue weighted by Gasteiger charge is 2.21. The van der Waals surface area contributed by atoms with Crippen LogP contribution in [-0.2, 0) is 9.47 Å². The molecule has 1 fully saturated rings. The predicted molar refractivity (Wildman–Crippen MR) is 64.6 cm³/mol. The Kier molecular flexibility index (Phi) is 8.65. The summed E-state index contributed by atoms with van der Waals surface area (Å²) in [5.74, 6) is 0. The summed E-state index contributed by atoms with van der Waals surface area (Å²) < 4.78 is 10.5. The zero-order valence-electron chi connectivity index (χ0n) is 10.0. The van der Waals surface area contributed by atoms with E-state index < -0.39 is 0 Å². The van der Waals surface area contributed by atoms with Crippen LogP contribution in [0.25, 0.3) is 0 Å². The van der Waals surface area contributed by atoms with Gasteiger partial charge in [-0.25, -0.2) is 0 Å². The van der Waals surface area contributed by atoms with Gasteiger partial charge < -0.3 is 25.8 Å². The first-order valence-electron chi connectivity index (χ1n) is 6.24. The summed E-state index contributed by atoms with van der Waals surface area (Å²) in [6.07, 6.45) is 2.69. The second-order valence-corrected chi connectivity index (χ2v) is 4.03. The normalized spacial score (nSPS) is 18.9. The van der Waals surface area contributed by atoms with Crippen LogP contribution >= 0.6 is 0 Å². The Balaban J connectivity index is 1.61. The summed E-state index contributed by atoms with van der Waals surface area (Å²) in [7, 11) is 0. The van der Waals surface area contributed by atoms with E-state index in [9.17, 15) is 0 Å². The number of epoxide rings is 1. The first-order valence-corrected chi connectivity index (χ1v) is 6.24. The quantitative estimate of drug-likeness (QED) is 0.307. The average molecular weight is 231 g/mol. The van der Waals surface area contributed by atoms with Crippen molar-refractivity contribution in [3.63, 3.8) is 0 Å². The summed E-state index contributed by atoms with van der Waals surface area (Å²) in [6.45, 7) is 7.19. The maximum Gasteiger partial charge on any atom is 0.104 e. The molecule has 1 rings (SSSR count). The highest BCUT2D eigenvalue weighted by molar-refractivity contribution is 4.67. The lowest BCUT2D eigenvalue weighted by Gasteiger charge is -2.06. The molecule has 1 unspecified atom stereocenters. The van der Waals surface area contributed by atoms with Crippen molar-refractivity contribution in [2.75, 3.05) is 52.5 Å². The van der Waals surface area contributed by atoms with Crippen LogP contribution in [0.5, 0.6) is 0 Å². The molecule has 1 aliphatic rings. The molecule has 4 N–H and O–H groups in total. The first-order chi connectivity index (χ1) is 7.93. The molecule has 16 heavy (non-hydrogen) atoms. The average Bonchev–Trinajstić information content (AvgIpc) is 3.10. The lowest BCUT2D eigenvalue weighted by atomic mass is 10.3. The monoisotopic (exact) mass is 231 g/mol. The standard InChI is InChI=1S/C11H25N3O2/c12-3-5-14-7-6-13-4-1-2-8-15-9-11-10-16-11/h11,13-14H,1-10,12H2. The third-order valence-corrected chi connectivity index (χ3v) is 2.40. The van der Waals surface area contributed by atoms with E-state index in [0.29, 0.717) is 12.6 Å². The topological polar surface area (TPSA) is 71.8 Å². The third kappa shape index (κ3) is 9.06. The van der Waals surface area contributed by atoms with E-state index in [2.05, 4.69) is 10.6 Å². The third-order valence-electron chi connectivity index (χ3n) is 2.40. The predicted octanol–water partition coefficient (Wildman–Crippen LogP) is -0.680. The molecule has 0 aliphatic carbocycles. The van der Waals surface area contributed by atoms with Gasteiger partial charge in [0.15, 0.2) is 0 Å². The Morgan fingerprint density at radius 2 is 1.88 bits per heavy atom. The summed E-state index contributed by atoms with van der Waals surface area (Å²) in [5, 5.41) is 6.61. The Bertz CT molecular complexity index is 154. The summed E-state index contributed by atoms with van der Waals surface area (Å²) in [5.41, 5.74) is 5.36. The van der Waals surface area contributed by atoms with Crippen LogP contribution in [-0.4, -0.2) is 58.6 Å². The van der Waals surface area contributed by atoms with Gasteiger partial charge >= 0.3 is 0 Å². The van der Waals surface area contributed by atoms with Gasteiger partial charge in [0.1, 0.15) is 6.10 Å². The van der Waals surface area contributed by atoms with Crippen LogP contribution in [0.3, 0.4) is 0 Å². The van der Waals surface area contributed by atoms with E-state index in [4.69, 9.17) is 15.2 Å². The number of rotatable bonds is 12. The number of unbranched alkanes of at least 4 members (excludes halogenated alkanes) is 1. The van der Waals surface area contributed by atoms with E-state index in [1.807, 2.05) is 0 Å². The van der Waals surface area contributed by atoms with Crippen molar-refractivity contribution >= 4 is 0 Å². The van der Waals surface area contributed by atoms with Crippen LogP contribution in [0.15, 0.2) is 0 Å². The van der Waals surface area contributed by atoms with Gasteiger partial charge in [-0.2, -0.15) is 0 Å². The first kappa shape index (κ1) is 13.9. The molecule has 0 amide bonds. The van der Waals surface area contributed by atoms with E-state index >= 15 is 0 Å². The zero-order chi connectivity index (χ0) is 11.5. The smallest absolute Gasteiger partial charge is 0.104 e. The number of nitrogens with one attached hydrogen (secondary N) is 2. The summed E-state index contributed by atoms with van der Waals surface area (Å²) >= 11 is 0. The van der Waals surface area contributed by atoms with Crippen LogP contribution in [0, 0.1) is 0 Å². The van der Waals surface area contributed by atoms with Crippen molar-refractivity contribution in [3.8, 4) is 0 Å². The molecule has 0 radical (unpaired) electrons. The Morgan fingerprint density at radius 3 is 2.56 bits per heavy atom. The van der Waals surface area contributed by atoms with Crippen LogP contribution in [0.1, 0.15) is 12.8 Å². The van der Waals surface area contributed by atoms with E-state index in [-0.39, 0.29) is 0 Å². The van der Waals surface area contributed by atoms with E-state index in [1.54, 1.807) is 0 Å². The molecule has 0 aromatic heterocycles. The van der Waals surface area contributed by atoms with Crippen LogP contribution < -0.4 is 16.4 Å². The molecule has 5 heteroatoms. The second kappa shape index (κ2) is 9.99. The lowest BCUT2D eigenvalue weighted by molar-refractivity contribution is 0.113. The van der Waals surface area contributed by atoms with Gasteiger partial charge in [-0.1, -0.05) is 0 Å². The molecule has 0 aromatic carbocycles. The minimum atomic E-state index is 0.395. The molecule has 1 aliphatic heterocycles. The van der Waals surface area contributed by atoms with Gasteiger partial charge in [0.05, 0.1) is 13.2 Å². The Hall–Kier alpha value is -0.200. The molecule has 1 heterocycles. The van der Waals surface area contributed by atoms with Crippen LogP contribution in [0.4, 0.5) is 0 Å². The van der Waals surface area contributed by atoms with Gasteiger partial charge in [-0.15, -0.1) is 0 Å². The molecule has 0 aromatic rings. The number of hydrogen-bond donors (Lipinski definition) is 3. The van der Waals surface area contributed by atoms with Gasteiger partial charge in [-0.05, 0) is 19.4 Å². The van der Waals surface area contributed by atoms with Crippen molar-refractivity contribution in [3.05, 3.63) is 0 Å². The fourth-order valence-corrected chi connectivity index (χ4v) is 1.36. The molecule has 0 saturated carbocycles. The zero-order valence-corrected chi connectivity index (χ0v) is 10.0. The van der Waals surface area contributed by atoms with Gasteiger partial charge in [0.25, 0.3) is 0 Å². The molecule has 0 bridgehead atoms. The van der Waals surface area contributed by atoms with Crippen molar-refractivity contribution < 1.29 is 9.47 Å². The lowest BCUT2D eigenvalue weighted by Crippen LogP contribution is -2.31. The summed E-state index contributed by atoms with van der Waals surface area (Å²) in [4.78, 5) is 0. The minimum absolute atomic E-state index is 0.395. The Labute approximate surface area is 98.0 Å². The SMILES string of the molecule is NCCNCCNCCCCOCC1CO1. The minimum Gasteiger partial charge on any atom is -0.379 e. The largest absolute Gasteiger partial charge is 0.379 e. The molecular formula is C11H25N3O2. The number of hydrogen-bond acceptors (Lipinski definition) is 5. The highest BCUT2D eigenvalue weighted by Crippen LogP contribution is 2.08. The number of nitrogens with two attached hydrogens (primary N) is 1. The van der Waals surface area contributed by atoms with Crippen molar-refractivity contribution in [1.82, 2.24) is 10.6 Å². The fourth-order valence-electron chi connectivity index (χ4n) is 1.36. The number of ether oxygens (including phenoxy) is 2. The van der Waals surface area contributed by atoms with Crippen LogP contribution in [0.2, 0.25) is 0 Å². The molecule has 1 saturated heterocycles. The van der Waals surface area contributed by atoms with Crippen molar-refractivity contribution in [2.24, 2.45) is 5.73 Å². The molecule has 5 nitrogen and oxygen atoms in total. The Morgan fingerprint density at radius 1 is 1.12 bits per heavy atom. The molecule has 1 atom stereocenters. The van der Waals surface area contributed by atoms with Gasteiger partial charge in [-0.3, -0.25) is 0 Å². The molecule has 0 spiro atoms. The molecule has 96 valence electrons. The second-order valence-electron chi connectivity index (χ2n) is 4.03. The van der Waals surface area contributed by atoms with Gasteiger partial charge in [0, 0.05) is 32.8 Å². The van der Waals surface area contributed by atoms with Crippen molar-refractivity contribution in [2.45, 2.75) is 18.9 Å². The summed E-state index contributed by atoms with van der Waals surface area (Å²) in [6, 6.07) is 0. The maximum absolute atomic E-state index is 5.44. The van der Waals surface area contributed by atoms with E-state index in [0.717, 1.165) is 52.4 Å². The van der Waals surface area contributed by atoms with E-state index in [1.165, 1.54) is 6.42 Å². The fraction of sp³-hybridized carbons (Fsp3) is 1.00. The maximum atomic E-state index is 5.44. The van der Waals surface area contributed by atoms with Crippen molar-refractivity contribution in [1.29, 1.82) is 0 Å². The van der Waals surface area contributed by atoms with Gasteiger partial charge in [0.2, 0.25) is 0 Å². The molecular weight excluding hydrogens is 206 g/mol. The highest BCUT2D eigenvalue weighted by atomic mass is 16.6.